The molecule has 7 heteroatoms. The van der Waals surface area contributed by atoms with Gasteiger partial charge in [0.25, 0.3) is 6.01 Å². The number of anilines is 1. The van der Waals surface area contributed by atoms with Crippen molar-refractivity contribution in [3.63, 3.8) is 0 Å². The fraction of sp³-hybridized carbons (Fsp3) is 0.400. The number of halogens is 1. The fourth-order valence-corrected chi connectivity index (χ4v) is 2.99. The van der Waals surface area contributed by atoms with E-state index in [9.17, 15) is 4.39 Å². The first-order chi connectivity index (χ1) is 10.8. The van der Waals surface area contributed by atoms with E-state index in [1.807, 2.05) is 10.9 Å². The van der Waals surface area contributed by atoms with Crippen LogP contribution in [-0.4, -0.2) is 33.1 Å². The number of oxazole rings is 1. The van der Waals surface area contributed by atoms with Gasteiger partial charge in [-0.15, -0.1) is 5.10 Å². The summed E-state index contributed by atoms with van der Waals surface area (Å²) in [5, 5.41) is 7.96. The van der Waals surface area contributed by atoms with Crippen molar-refractivity contribution in [1.29, 1.82) is 0 Å². The highest BCUT2D eigenvalue weighted by Crippen LogP contribution is 2.28. The molecule has 0 radical (unpaired) electrons. The standard InChI is InChI=1S/C15H16FN5O/c16-12-4-1-5-13-14(12)18-15(22-13)20-8-2-3-11(6-9-20)21-10-7-17-19-21/h1,4-5,7,10-11H,2-3,6,8-9H2. The summed E-state index contributed by atoms with van der Waals surface area (Å²) in [6.07, 6.45) is 6.58. The molecule has 0 N–H and O–H groups in total. The van der Waals surface area contributed by atoms with Gasteiger partial charge >= 0.3 is 0 Å². The van der Waals surface area contributed by atoms with Crippen molar-refractivity contribution in [1.82, 2.24) is 20.0 Å². The Morgan fingerprint density at radius 1 is 1.23 bits per heavy atom. The Morgan fingerprint density at radius 2 is 2.18 bits per heavy atom. The van der Waals surface area contributed by atoms with E-state index >= 15 is 0 Å². The highest BCUT2D eigenvalue weighted by Gasteiger charge is 2.22. The molecule has 1 aliphatic heterocycles. The first kappa shape index (κ1) is 13.2. The third kappa shape index (κ3) is 2.32. The number of benzene rings is 1. The highest BCUT2D eigenvalue weighted by atomic mass is 19.1. The molecule has 1 fully saturated rings. The molecule has 22 heavy (non-hydrogen) atoms. The Hall–Kier alpha value is -2.44. The van der Waals surface area contributed by atoms with Gasteiger partial charge in [0.15, 0.2) is 11.4 Å². The molecule has 114 valence electrons. The van der Waals surface area contributed by atoms with E-state index in [1.165, 1.54) is 6.07 Å². The molecule has 4 rings (SSSR count). The van der Waals surface area contributed by atoms with Crippen molar-refractivity contribution in [2.24, 2.45) is 0 Å². The number of hydrogen-bond acceptors (Lipinski definition) is 5. The molecular weight excluding hydrogens is 285 g/mol. The Bertz CT molecular complexity index is 769. The van der Waals surface area contributed by atoms with E-state index in [0.717, 1.165) is 32.4 Å². The molecule has 1 atom stereocenters. The van der Waals surface area contributed by atoms with E-state index in [0.29, 0.717) is 23.2 Å². The second kappa shape index (κ2) is 5.40. The minimum Gasteiger partial charge on any atom is -0.423 e. The molecule has 6 nitrogen and oxygen atoms in total. The van der Waals surface area contributed by atoms with Crippen LogP contribution in [0.5, 0.6) is 0 Å². The first-order valence-electron chi connectivity index (χ1n) is 7.47. The molecule has 2 aromatic heterocycles. The minimum absolute atomic E-state index is 0.301. The summed E-state index contributed by atoms with van der Waals surface area (Å²) in [5.41, 5.74) is 0.793. The van der Waals surface area contributed by atoms with Gasteiger partial charge in [0.2, 0.25) is 0 Å². The van der Waals surface area contributed by atoms with Crippen molar-refractivity contribution in [2.45, 2.75) is 25.3 Å². The number of fused-ring (bicyclic) bond motifs is 1. The average molecular weight is 301 g/mol. The molecule has 0 spiro atoms. The topological polar surface area (TPSA) is 60.0 Å². The van der Waals surface area contributed by atoms with Crippen LogP contribution in [0.2, 0.25) is 0 Å². The first-order valence-corrected chi connectivity index (χ1v) is 7.47. The molecule has 1 saturated heterocycles. The summed E-state index contributed by atoms with van der Waals surface area (Å²) in [4.78, 5) is 6.39. The van der Waals surface area contributed by atoms with Crippen LogP contribution in [0.4, 0.5) is 10.4 Å². The largest absolute Gasteiger partial charge is 0.423 e. The van der Waals surface area contributed by atoms with Crippen molar-refractivity contribution in [3.05, 3.63) is 36.4 Å². The Balaban J connectivity index is 1.56. The zero-order valence-electron chi connectivity index (χ0n) is 12.0. The summed E-state index contributed by atoms with van der Waals surface area (Å²) in [7, 11) is 0. The van der Waals surface area contributed by atoms with Crippen molar-refractivity contribution < 1.29 is 8.81 Å². The molecule has 1 aliphatic rings. The van der Waals surface area contributed by atoms with Gasteiger partial charge in [-0.2, -0.15) is 4.98 Å². The van der Waals surface area contributed by atoms with Crippen LogP contribution in [0.3, 0.4) is 0 Å². The van der Waals surface area contributed by atoms with Crippen LogP contribution in [0, 0.1) is 5.82 Å². The SMILES string of the molecule is Fc1cccc2oc(N3CCCC(n4ccnn4)CC3)nc12. The molecule has 0 aliphatic carbocycles. The lowest BCUT2D eigenvalue weighted by Gasteiger charge is -2.17. The predicted molar refractivity (Wildman–Crippen MR) is 79.1 cm³/mol. The summed E-state index contributed by atoms with van der Waals surface area (Å²) < 4.78 is 21.4. The Kier molecular flexibility index (Phi) is 3.25. The van der Waals surface area contributed by atoms with E-state index in [2.05, 4.69) is 20.2 Å². The van der Waals surface area contributed by atoms with E-state index in [4.69, 9.17) is 4.42 Å². The van der Waals surface area contributed by atoms with Crippen molar-refractivity contribution in [3.8, 4) is 0 Å². The molecule has 0 bridgehead atoms. The maximum absolute atomic E-state index is 13.7. The molecule has 0 saturated carbocycles. The molecule has 1 unspecified atom stereocenters. The number of para-hydroxylation sites is 1. The van der Waals surface area contributed by atoms with Crippen LogP contribution in [0.1, 0.15) is 25.3 Å². The van der Waals surface area contributed by atoms with Gasteiger partial charge in [-0.1, -0.05) is 11.3 Å². The lowest BCUT2D eigenvalue weighted by molar-refractivity contribution is 0.405. The predicted octanol–water partition coefficient (Wildman–Crippen LogP) is 2.79. The van der Waals surface area contributed by atoms with Gasteiger partial charge in [-0.3, -0.25) is 0 Å². The van der Waals surface area contributed by atoms with Gasteiger partial charge < -0.3 is 9.32 Å². The third-order valence-corrected chi connectivity index (χ3v) is 4.14. The normalized spacial score (nSPS) is 19.5. The second-order valence-corrected chi connectivity index (χ2v) is 5.54. The summed E-state index contributed by atoms with van der Waals surface area (Å²) in [6, 6.07) is 5.62. The van der Waals surface area contributed by atoms with Crippen molar-refractivity contribution in [2.75, 3.05) is 18.0 Å². The molecule has 0 amide bonds. The molecule has 3 aromatic rings. The minimum atomic E-state index is -0.345. The fourth-order valence-electron chi connectivity index (χ4n) is 2.99. The Labute approximate surface area is 126 Å². The maximum atomic E-state index is 13.7. The smallest absolute Gasteiger partial charge is 0.298 e. The molecule has 3 heterocycles. The zero-order chi connectivity index (χ0) is 14.9. The average Bonchev–Trinajstić information content (AvgIpc) is 3.13. The number of aromatic nitrogens is 4. The molecule has 1 aromatic carbocycles. The zero-order valence-corrected chi connectivity index (χ0v) is 12.0. The Morgan fingerprint density at radius 3 is 3.00 bits per heavy atom. The van der Waals surface area contributed by atoms with Gasteiger partial charge in [0, 0.05) is 19.3 Å². The van der Waals surface area contributed by atoms with Crippen LogP contribution in [0.25, 0.3) is 11.1 Å². The van der Waals surface area contributed by atoms with Gasteiger partial charge in [-0.05, 0) is 31.4 Å². The van der Waals surface area contributed by atoms with Gasteiger partial charge in [0.1, 0.15) is 5.52 Å². The lowest BCUT2D eigenvalue weighted by Crippen LogP contribution is -2.24. The quantitative estimate of drug-likeness (QED) is 0.728. The van der Waals surface area contributed by atoms with Gasteiger partial charge in [-0.25, -0.2) is 9.07 Å². The number of rotatable bonds is 2. The van der Waals surface area contributed by atoms with Crippen LogP contribution < -0.4 is 4.90 Å². The second-order valence-electron chi connectivity index (χ2n) is 5.54. The van der Waals surface area contributed by atoms with E-state index in [1.54, 1.807) is 18.3 Å². The summed E-state index contributed by atoms with van der Waals surface area (Å²) >= 11 is 0. The molecular formula is C15H16FN5O. The van der Waals surface area contributed by atoms with Gasteiger partial charge in [0.05, 0.1) is 12.2 Å². The van der Waals surface area contributed by atoms with Crippen molar-refractivity contribution >= 4 is 17.1 Å². The third-order valence-electron chi connectivity index (χ3n) is 4.14. The van der Waals surface area contributed by atoms with Crippen LogP contribution in [-0.2, 0) is 0 Å². The number of nitrogens with zero attached hydrogens (tertiary/aromatic N) is 5. The maximum Gasteiger partial charge on any atom is 0.298 e. The summed E-state index contributed by atoms with van der Waals surface area (Å²) in [5.74, 6) is -0.345. The number of hydrogen-bond donors (Lipinski definition) is 0. The van der Waals surface area contributed by atoms with Crippen LogP contribution >= 0.6 is 0 Å². The van der Waals surface area contributed by atoms with E-state index in [-0.39, 0.29) is 5.82 Å². The lowest BCUT2D eigenvalue weighted by atomic mass is 10.1. The monoisotopic (exact) mass is 301 g/mol. The highest BCUT2D eigenvalue weighted by molar-refractivity contribution is 5.75. The van der Waals surface area contributed by atoms with Crippen LogP contribution in [0.15, 0.2) is 35.0 Å². The summed E-state index contributed by atoms with van der Waals surface area (Å²) in [6.45, 7) is 1.65. The van der Waals surface area contributed by atoms with E-state index < -0.39 is 0 Å².